The summed E-state index contributed by atoms with van der Waals surface area (Å²) in [6.07, 6.45) is 11.8. The molecule has 9 nitrogen and oxygen atoms in total. The summed E-state index contributed by atoms with van der Waals surface area (Å²) in [5.41, 5.74) is 13.6. The van der Waals surface area contributed by atoms with Crippen molar-refractivity contribution in [2.75, 3.05) is 35.0 Å². The Hall–Kier alpha value is -7.10. The van der Waals surface area contributed by atoms with Crippen LogP contribution in [0, 0.1) is 0 Å². The van der Waals surface area contributed by atoms with E-state index in [0.29, 0.717) is 16.7 Å². The Balaban J connectivity index is 0.00000514. The van der Waals surface area contributed by atoms with E-state index in [1.807, 2.05) is 140 Å². The number of nitrogens with zero attached hydrogens (tertiary/aromatic N) is 4. The van der Waals surface area contributed by atoms with Crippen molar-refractivity contribution in [3.8, 4) is 67.5 Å². The van der Waals surface area contributed by atoms with Crippen molar-refractivity contribution in [1.82, 2.24) is 19.9 Å². The van der Waals surface area contributed by atoms with Gasteiger partial charge in [0.2, 0.25) is 0 Å². The van der Waals surface area contributed by atoms with E-state index in [9.17, 15) is 5.11 Å². The van der Waals surface area contributed by atoms with E-state index in [0.717, 1.165) is 101 Å². The number of aromatic nitrogens is 4. The van der Waals surface area contributed by atoms with Crippen molar-refractivity contribution in [3.63, 3.8) is 0 Å². The molecule has 305 valence electrons. The second-order valence-corrected chi connectivity index (χ2v) is 14.1. The van der Waals surface area contributed by atoms with Gasteiger partial charge in [0.1, 0.15) is 23.0 Å². The zero-order valence-electron chi connectivity index (χ0n) is 33.8. The molecular formula is C51H40CuN4O5. The summed E-state index contributed by atoms with van der Waals surface area (Å²) in [6, 6.07) is 37.9. The maximum Gasteiger partial charge on any atom is 2.00 e. The number of benzene rings is 4. The molecule has 0 fully saturated rings. The fourth-order valence-electron chi connectivity index (χ4n) is 7.71. The summed E-state index contributed by atoms with van der Waals surface area (Å²) < 4.78 is 22.2. The van der Waals surface area contributed by atoms with Crippen LogP contribution in [0.25, 0.3) is 97.0 Å². The first-order chi connectivity index (χ1) is 29.5. The van der Waals surface area contributed by atoms with Gasteiger partial charge in [0.25, 0.3) is 0 Å². The molecule has 8 bridgehead atoms. The van der Waals surface area contributed by atoms with Crippen LogP contribution < -0.4 is 28.9 Å². The van der Waals surface area contributed by atoms with Crippen molar-refractivity contribution in [2.45, 2.75) is 0 Å². The SMILES string of the molecule is COc1ccc(-c2c3nc(c(-c4ccc(OC)cc4)c4cc(/C=C/CO)c([n-]4)c(-c4ccc(OC)cc4)c4nc(c(-c5ccc(OC)cc5)c5ccc2[n-]5)C=C4)C=C3)cc1.[Cu+2]. The van der Waals surface area contributed by atoms with E-state index in [1.54, 1.807) is 34.5 Å². The first-order valence-corrected chi connectivity index (χ1v) is 19.4. The van der Waals surface area contributed by atoms with Crippen LogP contribution in [-0.2, 0) is 17.1 Å². The van der Waals surface area contributed by atoms with Gasteiger partial charge in [0, 0.05) is 0 Å². The van der Waals surface area contributed by atoms with E-state index in [2.05, 4.69) is 6.07 Å². The molecule has 0 atom stereocenters. The molecule has 0 saturated heterocycles. The summed E-state index contributed by atoms with van der Waals surface area (Å²) in [4.78, 5) is 21.6. The Labute approximate surface area is 364 Å². The van der Waals surface area contributed by atoms with Gasteiger partial charge in [-0.3, -0.25) is 0 Å². The third-order valence-corrected chi connectivity index (χ3v) is 10.7. The maximum absolute atomic E-state index is 10.0. The number of aliphatic hydroxyl groups excluding tert-OH is 1. The average Bonchev–Trinajstić information content (AvgIpc) is 4.14. The van der Waals surface area contributed by atoms with E-state index >= 15 is 0 Å². The summed E-state index contributed by atoms with van der Waals surface area (Å²) in [5, 5.41) is 10.0. The number of aliphatic hydroxyl groups is 1. The predicted molar refractivity (Wildman–Crippen MR) is 241 cm³/mol. The zero-order chi connectivity index (χ0) is 41.2. The molecule has 2 aliphatic heterocycles. The quantitative estimate of drug-likeness (QED) is 0.134. The molecule has 2 aliphatic rings. The molecule has 0 unspecified atom stereocenters. The predicted octanol–water partition coefficient (Wildman–Crippen LogP) is 10.6. The molecule has 7 aromatic rings. The Morgan fingerprint density at radius 2 is 0.803 bits per heavy atom. The summed E-state index contributed by atoms with van der Waals surface area (Å²) in [7, 11) is 6.62. The molecule has 10 heteroatoms. The summed E-state index contributed by atoms with van der Waals surface area (Å²) >= 11 is 0. The van der Waals surface area contributed by atoms with Crippen molar-refractivity contribution >= 4 is 52.4 Å². The number of rotatable bonds is 10. The van der Waals surface area contributed by atoms with Crippen LogP contribution >= 0.6 is 0 Å². The first-order valence-electron chi connectivity index (χ1n) is 19.4. The topological polar surface area (TPSA) is 111 Å². The molecule has 1 radical (unpaired) electrons. The molecule has 5 heterocycles. The van der Waals surface area contributed by atoms with E-state index in [1.165, 1.54) is 0 Å². The van der Waals surface area contributed by atoms with Gasteiger partial charge >= 0.3 is 17.1 Å². The first kappa shape index (κ1) is 40.7. The van der Waals surface area contributed by atoms with Gasteiger partial charge in [0.15, 0.2) is 0 Å². The number of fused-ring (bicyclic) bond motifs is 8. The maximum atomic E-state index is 10.0. The number of ether oxygens (including phenoxy) is 4. The van der Waals surface area contributed by atoms with Gasteiger partial charge in [-0.2, -0.15) is 0 Å². The Morgan fingerprint density at radius 3 is 1.16 bits per heavy atom. The van der Waals surface area contributed by atoms with E-state index in [-0.39, 0.29) is 23.7 Å². The molecular weight excluding hydrogens is 812 g/mol. The van der Waals surface area contributed by atoms with Crippen molar-refractivity contribution in [1.29, 1.82) is 0 Å². The second-order valence-electron chi connectivity index (χ2n) is 14.1. The van der Waals surface area contributed by atoms with Crippen molar-refractivity contribution in [2.24, 2.45) is 0 Å². The number of hydrogen-bond donors (Lipinski definition) is 1. The van der Waals surface area contributed by atoms with Crippen LogP contribution in [0.3, 0.4) is 0 Å². The Bertz CT molecular complexity index is 2980. The summed E-state index contributed by atoms with van der Waals surface area (Å²) in [6.45, 7) is -0.141. The fraction of sp³-hybridized carbons (Fsp3) is 0.0980. The second kappa shape index (κ2) is 17.6. The molecule has 4 aromatic carbocycles. The third kappa shape index (κ3) is 7.88. The van der Waals surface area contributed by atoms with Crippen LogP contribution in [0.15, 0.2) is 121 Å². The smallest absolute Gasteiger partial charge is 0.657 e. The zero-order valence-corrected chi connectivity index (χ0v) is 34.8. The van der Waals surface area contributed by atoms with Gasteiger partial charge in [-0.05, 0) is 123 Å². The summed E-state index contributed by atoms with van der Waals surface area (Å²) in [5.74, 6) is 2.96. The Kier molecular flexibility index (Phi) is 11.8. The van der Waals surface area contributed by atoms with Crippen LogP contribution in [0.2, 0.25) is 0 Å². The largest absolute Gasteiger partial charge is 2.00 e. The Morgan fingerprint density at radius 1 is 0.459 bits per heavy atom. The monoisotopic (exact) mass is 851 g/mol. The minimum absolute atomic E-state index is 0. The molecule has 0 aliphatic carbocycles. The molecule has 0 saturated carbocycles. The number of methoxy groups -OCH3 is 4. The van der Waals surface area contributed by atoms with Crippen LogP contribution in [0.1, 0.15) is 28.3 Å². The average molecular weight is 852 g/mol. The van der Waals surface area contributed by atoms with Gasteiger partial charge in [-0.15, -0.1) is 22.1 Å². The van der Waals surface area contributed by atoms with Gasteiger partial charge in [-0.25, -0.2) is 9.97 Å². The fourth-order valence-corrected chi connectivity index (χ4v) is 7.71. The molecule has 1 N–H and O–H groups in total. The minimum Gasteiger partial charge on any atom is -0.657 e. The number of hydrogen-bond acceptors (Lipinski definition) is 7. The van der Waals surface area contributed by atoms with Crippen LogP contribution in [0.4, 0.5) is 0 Å². The van der Waals surface area contributed by atoms with Gasteiger partial charge < -0.3 is 34.0 Å². The minimum atomic E-state index is -0.141. The van der Waals surface area contributed by atoms with Gasteiger partial charge in [-0.1, -0.05) is 78.9 Å². The van der Waals surface area contributed by atoms with Gasteiger partial charge in [0.05, 0.1) is 57.8 Å². The van der Waals surface area contributed by atoms with E-state index in [4.69, 9.17) is 38.9 Å². The normalized spacial score (nSPS) is 11.8. The molecule has 3 aromatic heterocycles. The standard InChI is InChI=1S/C51H40N4O5.Cu/c1-57-36-15-7-31(8-16-36)47-40-23-24-41(52-40)48(32-9-17-37(58-2)18-10-32)43-27-28-45(54-43)50(34-13-21-39(60-4)22-14-34)51-35(6-5-29-56)30-46(55-51)49(44-26-25-42(47)53-44)33-11-19-38(59-3)20-12-33;/h5-28,30,56H,29H2,1-4H3;/q-2;+2/b6-5+,47-40?,47-42?,48-41?,48-43?,49-44?,49-46?,50-45?,51-50?;. The molecule has 0 spiro atoms. The molecule has 0 amide bonds. The molecule has 9 rings (SSSR count). The van der Waals surface area contributed by atoms with Crippen LogP contribution in [0.5, 0.6) is 23.0 Å². The van der Waals surface area contributed by atoms with Crippen molar-refractivity contribution in [3.05, 3.63) is 150 Å². The third-order valence-electron chi connectivity index (χ3n) is 10.7. The molecule has 61 heavy (non-hydrogen) atoms. The van der Waals surface area contributed by atoms with Crippen molar-refractivity contribution < 1.29 is 41.1 Å². The van der Waals surface area contributed by atoms with E-state index < -0.39 is 0 Å². The van der Waals surface area contributed by atoms with Crippen LogP contribution in [-0.4, -0.2) is 50.1 Å².